The number of nitrogens with zero attached hydrogens (tertiary/aromatic N) is 5. The summed E-state index contributed by atoms with van der Waals surface area (Å²) in [4.78, 5) is 9.13. The van der Waals surface area contributed by atoms with Crippen LogP contribution in [0.15, 0.2) is 12.4 Å². The molecule has 0 radical (unpaired) electrons. The molecular weight excluding hydrogens is 326 g/mol. The van der Waals surface area contributed by atoms with Crippen molar-refractivity contribution in [2.75, 3.05) is 19.3 Å². The highest BCUT2D eigenvalue weighted by Gasteiger charge is 2.28. The van der Waals surface area contributed by atoms with Crippen LogP contribution >= 0.6 is 0 Å². The van der Waals surface area contributed by atoms with Crippen LogP contribution in [0.2, 0.25) is 0 Å². The van der Waals surface area contributed by atoms with E-state index in [-0.39, 0.29) is 5.92 Å². The van der Waals surface area contributed by atoms with Crippen LogP contribution in [-0.2, 0) is 17.1 Å². The van der Waals surface area contributed by atoms with E-state index in [4.69, 9.17) is 4.98 Å². The number of sulfonamides is 1. The number of piperidine rings is 1. The maximum atomic E-state index is 11.8. The van der Waals surface area contributed by atoms with Gasteiger partial charge in [-0.05, 0) is 26.7 Å². The van der Waals surface area contributed by atoms with Gasteiger partial charge in [-0.15, -0.1) is 0 Å². The predicted molar refractivity (Wildman–Crippen MR) is 92.1 cm³/mol. The van der Waals surface area contributed by atoms with Gasteiger partial charge < -0.3 is 0 Å². The molecule has 7 nitrogen and oxygen atoms in total. The van der Waals surface area contributed by atoms with Crippen molar-refractivity contribution in [3.8, 4) is 11.3 Å². The molecule has 2 aromatic heterocycles. The summed E-state index contributed by atoms with van der Waals surface area (Å²) in [6.07, 6.45) is 6.53. The third-order valence-corrected chi connectivity index (χ3v) is 5.96. The van der Waals surface area contributed by atoms with Crippen molar-refractivity contribution in [2.24, 2.45) is 7.05 Å². The maximum Gasteiger partial charge on any atom is 0.211 e. The SMILES string of the molecule is Cc1nn(C)c(C)c1-c1cncc([C@H]2CCCN(S(C)(=O)=O)C2)n1. The van der Waals surface area contributed by atoms with Crippen molar-refractivity contribution in [1.82, 2.24) is 24.1 Å². The first-order chi connectivity index (χ1) is 11.3. The van der Waals surface area contributed by atoms with E-state index in [1.807, 2.05) is 25.6 Å². The normalized spacial score (nSPS) is 19.6. The lowest BCUT2D eigenvalue weighted by atomic mass is 9.96. The molecule has 3 heterocycles. The monoisotopic (exact) mass is 349 g/mol. The first-order valence-corrected chi connectivity index (χ1v) is 9.90. The Hall–Kier alpha value is -1.80. The van der Waals surface area contributed by atoms with Gasteiger partial charge in [0, 0.05) is 43.5 Å². The van der Waals surface area contributed by atoms with Crippen molar-refractivity contribution in [3.05, 3.63) is 29.5 Å². The molecule has 1 atom stereocenters. The van der Waals surface area contributed by atoms with Crippen molar-refractivity contribution in [3.63, 3.8) is 0 Å². The van der Waals surface area contributed by atoms with E-state index in [9.17, 15) is 8.42 Å². The van der Waals surface area contributed by atoms with E-state index in [2.05, 4.69) is 10.1 Å². The van der Waals surface area contributed by atoms with E-state index in [1.165, 1.54) is 10.6 Å². The van der Waals surface area contributed by atoms with Crippen LogP contribution < -0.4 is 0 Å². The molecule has 1 saturated heterocycles. The Balaban J connectivity index is 1.93. The zero-order chi connectivity index (χ0) is 17.5. The lowest BCUT2D eigenvalue weighted by Crippen LogP contribution is -2.38. The van der Waals surface area contributed by atoms with Gasteiger partial charge in [0.25, 0.3) is 0 Å². The average molecular weight is 349 g/mol. The Morgan fingerprint density at radius 3 is 2.62 bits per heavy atom. The second kappa shape index (κ2) is 6.25. The van der Waals surface area contributed by atoms with Crippen molar-refractivity contribution in [1.29, 1.82) is 0 Å². The van der Waals surface area contributed by atoms with Gasteiger partial charge in [-0.3, -0.25) is 9.67 Å². The number of aromatic nitrogens is 4. The van der Waals surface area contributed by atoms with Crippen molar-refractivity contribution in [2.45, 2.75) is 32.6 Å². The molecule has 0 aliphatic carbocycles. The largest absolute Gasteiger partial charge is 0.272 e. The molecule has 8 heteroatoms. The van der Waals surface area contributed by atoms with Gasteiger partial charge in [-0.25, -0.2) is 17.7 Å². The molecular formula is C16H23N5O2S. The molecule has 2 aromatic rings. The molecule has 0 unspecified atom stereocenters. The van der Waals surface area contributed by atoms with Crippen LogP contribution in [0.3, 0.4) is 0 Å². The molecule has 0 bridgehead atoms. The Bertz CT molecular complexity index is 859. The molecule has 130 valence electrons. The summed E-state index contributed by atoms with van der Waals surface area (Å²) in [6, 6.07) is 0. The van der Waals surface area contributed by atoms with Gasteiger partial charge in [-0.1, -0.05) is 0 Å². The number of hydrogen-bond donors (Lipinski definition) is 0. The first-order valence-electron chi connectivity index (χ1n) is 8.05. The van der Waals surface area contributed by atoms with Gasteiger partial charge in [0.15, 0.2) is 0 Å². The Kier molecular flexibility index (Phi) is 4.44. The average Bonchev–Trinajstić information content (AvgIpc) is 2.79. The standard InChI is InChI=1S/C16H23N5O2S/c1-11-16(12(2)20(3)19-11)15-9-17-8-14(18-15)13-6-5-7-21(10-13)24(4,22)23/h8-9,13H,5-7,10H2,1-4H3/t13-/m0/s1. The molecule has 1 fully saturated rings. The summed E-state index contributed by atoms with van der Waals surface area (Å²) in [5.74, 6) is 0.0817. The highest BCUT2D eigenvalue weighted by atomic mass is 32.2. The van der Waals surface area contributed by atoms with E-state index >= 15 is 0 Å². The quantitative estimate of drug-likeness (QED) is 0.841. The minimum absolute atomic E-state index is 0.0817. The lowest BCUT2D eigenvalue weighted by molar-refractivity contribution is 0.314. The minimum Gasteiger partial charge on any atom is -0.272 e. The zero-order valence-electron chi connectivity index (χ0n) is 14.5. The number of rotatable bonds is 3. The van der Waals surface area contributed by atoms with Crippen LogP contribution in [0.4, 0.5) is 0 Å². The summed E-state index contributed by atoms with van der Waals surface area (Å²) < 4.78 is 27.0. The van der Waals surface area contributed by atoms with Gasteiger partial charge in [-0.2, -0.15) is 5.10 Å². The Morgan fingerprint density at radius 1 is 1.25 bits per heavy atom. The minimum atomic E-state index is -3.17. The third kappa shape index (κ3) is 3.21. The smallest absolute Gasteiger partial charge is 0.211 e. The maximum absolute atomic E-state index is 11.8. The number of aryl methyl sites for hydroxylation is 2. The lowest BCUT2D eigenvalue weighted by Gasteiger charge is -2.30. The summed E-state index contributed by atoms with van der Waals surface area (Å²) >= 11 is 0. The summed E-state index contributed by atoms with van der Waals surface area (Å²) in [7, 11) is -1.26. The fourth-order valence-electron chi connectivity index (χ4n) is 3.33. The molecule has 0 N–H and O–H groups in total. The zero-order valence-corrected chi connectivity index (χ0v) is 15.3. The van der Waals surface area contributed by atoms with E-state index in [0.717, 1.165) is 41.2 Å². The van der Waals surface area contributed by atoms with Gasteiger partial charge >= 0.3 is 0 Å². The second-order valence-electron chi connectivity index (χ2n) is 6.46. The molecule has 0 aromatic carbocycles. The van der Waals surface area contributed by atoms with E-state index in [1.54, 1.807) is 12.4 Å². The van der Waals surface area contributed by atoms with Gasteiger partial charge in [0.05, 0.1) is 29.5 Å². The summed E-state index contributed by atoms with van der Waals surface area (Å²) in [5.41, 5.74) is 4.61. The molecule has 1 aliphatic rings. The predicted octanol–water partition coefficient (Wildman–Crippen LogP) is 1.63. The summed E-state index contributed by atoms with van der Waals surface area (Å²) in [5, 5.41) is 4.43. The molecule has 1 aliphatic heterocycles. The van der Waals surface area contributed by atoms with Crippen LogP contribution in [-0.4, -0.2) is 51.8 Å². The fourth-order valence-corrected chi connectivity index (χ4v) is 4.24. The van der Waals surface area contributed by atoms with Crippen LogP contribution in [0.1, 0.15) is 35.8 Å². The fraction of sp³-hybridized carbons (Fsp3) is 0.562. The van der Waals surface area contributed by atoms with Crippen molar-refractivity contribution < 1.29 is 8.42 Å². The van der Waals surface area contributed by atoms with Crippen LogP contribution in [0.25, 0.3) is 11.3 Å². The third-order valence-electron chi connectivity index (χ3n) is 4.69. The first kappa shape index (κ1) is 17.0. The highest BCUT2D eigenvalue weighted by molar-refractivity contribution is 7.88. The number of hydrogen-bond acceptors (Lipinski definition) is 5. The molecule has 0 amide bonds. The van der Waals surface area contributed by atoms with Crippen LogP contribution in [0, 0.1) is 13.8 Å². The Morgan fingerprint density at radius 2 is 2.00 bits per heavy atom. The van der Waals surface area contributed by atoms with Gasteiger partial charge in [0.2, 0.25) is 10.0 Å². The second-order valence-corrected chi connectivity index (χ2v) is 8.44. The van der Waals surface area contributed by atoms with E-state index in [0.29, 0.717) is 13.1 Å². The Labute approximate surface area is 142 Å². The van der Waals surface area contributed by atoms with Crippen molar-refractivity contribution >= 4 is 10.0 Å². The summed E-state index contributed by atoms with van der Waals surface area (Å²) in [6.45, 7) is 5.03. The highest BCUT2D eigenvalue weighted by Crippen LogP contribution is 2.29. The van der Waals surface area contributed by atoms with Crippen LogP contribution in [0.5, 0.6) is 0 Å². The molecule has 3 rings (SSSR count). The van der Waals surface area contributed by atoms with Gasteiger partial charge in [0.1, 0.15) is 0 Å². The topological polar surface area (TPSA) is 81.0 Å². The van der Waals surface area contributed by atoms with E-state index < -0.39 is 10.0 Å². The molecule has 24 heavy (non-hydrogen) atoms. The molecule has 0 saturated carbocycles. The molecule has 0 spiro atoms.